The van der Waals surface area contributed by atoms with E-state index in [1.807, 2.05) is 122 Å². The molecule has 600 valence electrons. The van der Waals surface area contributed by atoms with Crippen LogP contribution in [0.25, 0.3) is 0 Å². The van der Waals surface area contributed by atoms with E-state index in [1.54, 1.807) is 52.2 Å². The van der Waals surface area contributed by atoms with Gasteiger partial charge in [0.25, 0.3) is 0 Å². The molecule has 6 saturated heterocycles. The molecule has 6 N–H and O–H groups in total. The molecule has 0 spiro atoms. The van der Waals surface area contributed by atoms with Crippen LogP contribution >= 0.6 is 0 Å². The Hall–Kier alpha value is -9.34. The number of carbonyl (C=O) groups is 9. The van der Waals surface area contributed by atoms with E-state index in [0.717, 1.165) is 86.6 Å². The fourth-order valence-corrected chi connectivity index (χ4v) is 15.1. The van der Waals surface area contributed by atoms with Crippen molar-refractivity contribution in [3.05, 3.63) is 167 Å². The molecule has 6 fully saturated rings. The van der Waals surface area contributed by atoms with Gasteiger partial charge in [-0.3, -0.25) is 43.5 Å². The van der Waals surface area contributed by atoms with Gasteiger partial charge < -0.3 is 60.8 Å². The van der Waals surface area contributed by atoms with E-state index >= 15 is 0 Å². The molecular formula is C83H115F3N12O12. The molecule has 4 aromatic rings. The second kappa shape index (κ2) is 43.9. The Morgan fingerprint density at radius 2 is 0.909 bits per heavy atom. The first-order valence-electron chi connectivity index (χ1n) is 39.5. The van der Waals surface area contributed by atoms with E-state index in [0.29, 0.717) is 103 Å². The predicted octanol–water partition coefficient (Wildman–Crippen LogP) is 11.3. The number of aryl methyl sites for hydroxylation is 2. The number of alkyl halides is 3. The van der Waals surface area contributed by atoms with Crippen LogP contribution in [0.15, 0.2) is 133 Å². The van der Waals surface area contributed by atoms with E-state index in [-0.39, 0.29) is 106 Å². The van der Waals surface area contributed by atoms with Crippen LogP contribution in [-0.2, 0) is 75.3 Å². The zero-order valence-electron chi connectivity index (χ0n) is 64.6. The van der Waals surface area contributed by atoms with Gasteiger partial charge in [0.15, 0.2) is 0 Å². The quantitative estimate of drug-likeness (QED) is 0.0233. The molecular weight excluding hydrogens is 1410 g/mol. The van der Waals surface area contributed by atoms with Gasteiger partial charge in [-0.05, 0) is 151 Å². The van der Waals surface area contributed by atoms with Crippen LogP contribution in [-0.4, -0.2) is 213 Å². The molecule has 6 heterocycles. The van der Waals surface area contributed by atoms with Crippen molar-refractivity contribution in [2.45, 2.75) is 212 Å². The van der Waals surface area contributed by atoms with Crippen LogP contribution in [0.2, 0.25) is 0 Å². The van der Waals surface area contributed by atoms with Crippen molar-refractivity contribution in [2.75, 3.05) is 78.7 Å². The molecule has 10 rings (SSSR count). The Morgan fingerprint density at radius 1 is 0.464 bits per heavy atom. The molecule has 4 aromatic carbocycles. The lowest BCUT2D eigenvalue weighted by molar-refractivity contribution is -0.173. The number of hydrogen-bond acceptors (Lipinski definition) is 15. The molecule has 0 bridgehead atoms. The second-order valence-corrected chi connectivity index (χ2v) is 28.9. The first kappa shape index (κ1) is 86.3. The number of fused-ring (bicyclic) bond motifs is 3. The number of amides is 9. The third-order valence-electron chi connectivity index (χ3n) is 20.7. The molecule has 0 radical (unpaired) electrons. The predicted molar refractivity (Wildman–Crippen MR) is 412 cm³/mol. The summed E-state index contributed by atoms with van der Waals surface area (Å²) in [7, 11) is 0. The van der Waals surface area contributed by atoms with Gasteiger partial charge >= 0.3 is 24.5 Å². The topological polar surface area (TPSA) is 289 Å². The maximum Gasteiger partial charge on any atom is 0.416 e. The third kappa shape index (κ3) is 24.1. The summed E-state index contributed by atoms with van der Waals surface area (Å²) in [5, 5.41) is 0. The van der Waals surface area contributed by atoms with Crippen molar-refractivity contribution in [2.24, 2.45) is 23.1 Å². The van der Waals surface area contributed by atoms with Crippen molar-refractivity contribution < 1.29 is 70.5 Å². The van der Waals surface area contributed by atoms with Crippen LogP contribution in [0, 0.1) is 12.8 Å². The molecule has 3 unspecified atom stereocenters. The van der Waals surface area contributed by atoms with Gasteiger partial charge in [0, 0.05) is 52.1 Å². The normalized spacial score (nSPS) is 20.8. The van der Waals surface area contributed by atoms with E-state index < -0.39 is 72.6 Å². The van der Waals surface area contributed by atoms with E-state index in [1.165, 1.54) is 4.90 Å². The molecule has 110 heavy (non-hydrogen) atoms. The highest BCUT2D eigenvalue weighted by atomic mass is 19.4. The summed E-state index contributed by atoms with van der Waals surface area (Å²) in [6.45, 7) is 12.0. The number of piperazine rings is 3. The zero-order chi connectivity index (χ0) is 79.1. The first-order valence-corrected chi connectivity index (χ1v) is 39.5. The average molecular weight is 1530 g/mol. The Morgan fingerprint density at radius 3 is 1.38 bits per heavy atom. The number of allylic oxidation sites excluding steroid dienone is 2. The van der Waals surface area contributed by atoms with Gasteiger partial charge in [-0.25, -0.2) is 14.4 Å². The fraction of sp³-hybridized carbons (Fsp3) is 0.554. The van der Waals surface area contributed by atoms with Crippen molar-refractivity contribution in [1.29, 1.82) is 0 Å². The lowest BCUT2D eigenvalue weighted by Gasteiger charge is -2.53. The highest BCUT2D eigenvalue weighted by Gasteiger charge is 2.53. The monoisotopic (exact) mass is 1530 g/mol. The summed E-state index contributed by atoms with van der Waals surface area (Å²) in [5.41, 5.74) is 20.1. The number of carbonyl (C=O) groups excluding carboxylic acids is 9. The number of ether oxygens (including phenoxy) is 3. The minimum absolute atomic E-state index is 0.0711. The SMILES string of the molecule is CCC/C=C/COC(=O)N1CCC(=O)N2C(CCCCN)C(=O)N(Cc3ccccc3)CC12.CCC/C=C/COC(=O)N1CCC(=O)N2C(CCCN)C(=O)N(Cc3ccccc3)C[C@H]12.CCCCN1C[C@@H]2N(C(=O)OCc3cc(C)cc(C(F)(F)F)c3)C[C@@H](CCCc3ccccc3)C(=O)N2[C@@H](CCCCN)C1=O. The van der Waals surface area contributed by atoms with Gasteiger partial charge in [-0.2, -0.15) is 13.2 Å². The molecule has 9 amide bonds. The number of unbranched alkanes of at least 4 members (excludes halogenated alkanes) is 5. The lowest BCUT2D eigenvalue weighted by Crippen LogP contribution is -2.73. The van der Waals surface area contributed by atoms with Crippen molar-refractivity contribution in [3.8, 4) is 0 Å². The molecule has 0 saturated carbocycles. The molecule has 24 nitrogen and oxygen atoms in total. The zero-order valence-corrected chi connectivity index (χ0v) is 64.6. The highest BCUT2D eigenvalue weighted by Crippen LogP contribution is 2.36. The maximum absolute atomic E-state index is 14.1. The fourth-order valence-electron chi connectivity index (χ4n) is 15.1. The summed E-state index contributed by atoms with van der Waals surface area (Å²) in [6.07, 6.45) is 12.6. The number of halogens is 3. The number of nitrogens with two attached hydrogens (primary N) is 3. The van der Waals surface area contributed by atoms with Gasteiger partial charge in [-0.15, -0.1) is 0 Å². The molecule has 7 atom stereocenters. The number of nitrogens with zero attached hydrogens (tertiary/aromatic N) is 9. The summed E-state index contributed by atoms with van der Waals surface area (Å²) in [4.78, 5) is 135. The Bertz CT molecular complexity index is 3690. The van der Waals surface area contributed by atoms with E-state index in [4.69, 9.17) is 31.4 Å². The molecule has 0 aromatic heterocycles. The van der Waals surface area contributed by atoms with Crippen LogP contribution in [0.5, 0.6) is 0 Å². The smallest absolute Gasteiger partial charge is 0.416 e. The standard InChI is InChI=1S/C34H45F3N4O4.C25H36N4O4.C24H34N4O4/c1-3-4-17-39-22-30-40(33(44)45-23-26-18-24(2)19-28(20-26)34(35,36)37)21-27(14-10-13-25-11-6-5-7-12-25)31(42)41(30)29(32(39)43)15-8-9-16-38;1-2-3-4-10-17-33-25(32)28-16-14-23(30)29-21(13-8-9-15-26)24(31)27(19-22(28)29)18-20-11-6-5-7-12-20;1-2-3-4-8-16-32-24(31)27-15-13-22(29)28-20(12-9-14-25)23(30)26(18-21(27)28)17-19-10-6-5-7-11-19/h5-7,11-12,18-20,27,29-30H,3-4,8-10,13-17,21-23,38H2,1-2H3;4-7,10-12,21-22H,2-3,8-9,13-19,26H2,1H3;4-8,10-11,20-21H,2-3,9,12-18,25H2,1H3/b;10-4+;8-4+/t27-,29+,30-;;20?,21-/m1.1/s1. The highest BCUT2D eigenvalue weighted by molar-refractivity contribution is 5.93. The van der Waals surface area contributed by atoms with Crippen molar-refractivity contribution in [1.82, 2.24) is 44.1 Å². The van der Waals surface area contributed by atoms with Gasteiger partial charge in [0.1, 0.15) is 56.4 Å². The van der Waals surface area contributed by atoms with Crippen LogP contribution in [0.1, 0.15) is 170 Å². The summed E-state index contributed by atoms with van der Waals surface area (Å²) < 4.78 is 56.8. The van der Waals surface area contributed by atoms with E-state index in [2.05, 4.69) is 13.8 Å². The van der Waals surface area contributed by atoms with Crippen LogP contribution in [0.3, 0.4) is 0 Å². The van der Waals surface area contributed by atoms with Crippen molar-refractivity contribution >= 4 is 53.7 Å². The maximum atomic E-state index is 14.1. The number of benzene rings is 4. The van der Waals surface area contributed by atoms with Crippen LogP contribution in [0.4, 0.5) is 27.6 Å². The number of hydrogen-bond donors (Lipinski definition) is 3. The minimum atomic E-state index is -4.53. The lowest BCUT2D eigenvalue weighted by atomic mass is 9.91. The van der Waals surface area contributed by atoms with Gasteiger partial charge in [0.05, 0.1) is 31.1 Å². The Balaban J connectivity index is 0.000000212. The molecule has 6 aliphatic rings. The average Bonchev–Trinajstić information content (AvgIpc) is 0.774. The Kier molecular flexibility index (Phi) is 34.4. The van der Waals surface area contributed by atoms with E-state index in [9.17, 15) is 56.3 Å². The third-order valence-corrected chi connectivity index (χ3v) is 20.7. The largest absolute Gasteiger partial charge is 0.445 e. The van der Waals surface area contributed by atoms with Crippen molar-refractivity contribution in [3.63, 3.8) is 0 Å². The summed E-state index contributed by atoms with van der Waals surface area (Å²) >= 11 is 0. The molecule has 0 aliphatic carbocycles. The van der Waals surface area contributed by atoms with Gasteiger partial charge in [-0.1, -0.05) is 167 Å². The summed E-state index contributed by atoms with van der Waals surface area (Å²) in [6, 6.07) is 31.1. The summed E-state index contributed by atoms with van der Waals surface area (Å²) in [5.74, 6) is -1.16. The minimum Gasteiger partial charge on any atom is -0.445 e. The van der Waals surface area contributed by atoms with Crippen LogP contribution < -0.4 is 17.2 Å². The first-order chi connectivity index (χ1) is 53.2. The molecule has 27 heteroatoms. The molecule has 6 aliphatic heterocycles. The van der Waals surface area contributed by atoms with Gasteiger partial charge in [0.2, 0.25) is 35.4 Å². The second-order valence-electron chi connectivity index (χ2n) is 28.9. The number of rotatable bonds is 32. The Labute approximate surface area is 646 Å².